The van der Waals surface area contributed by atoms with Gasteiger partial charge in [-0.05, 0) is 67.2 Å². The molecule has 0 saturated carbocycles. The predicted molar refractivity (Wildman–Crippen MR) is 154 cm³/mol. The summed E-state index contributed by atoms with van der Waals surface area (Å²) < 4.78 is 72.0. The van der Waals surface area contributed by atoms with E-state index in [1.165, 1.54) is 6.07 Å². The molecule has 0 aliphatic rings. The van der Waals surface area contributed by atoms with Gasteiger partial charge in [-0.2, -0.15) is 21.6 Å². The number of aliphatic hydroxyl groups excluding tert-OH is 1. The fraction of sp³-hybridized carbons (Fsp3) is 0.355. The zero-order chi connectivity index (χ0) is 30.8. The van der Waals surface area contributed by atoms with E-state index in [2.05, 4.69) is 9.71 Å². The molecule has 1 aromatic heterocycles. The first-order valence-electron chi connectivity index (χ1n) is 13.6. The summed E-state index contributed by atoms with van der Waals surface area (Å²) >= 11 is 0. The van der Waals surface area contributed by atoms with E-state index in [-0.39, 0.29) is 23.8 Å². The lowest BCUT2D eigenvalue weighted by atomic mass is 9.85. The first-order chi connectivity index (χ1) is 19.9. The van der Waals surface area contributed by atoms with E-state index in [1.54, 1.807) is 24.3 Å². The highest BCUT2D eigenvalue weighted by Crippen LogP contribution is 2.33. The van der Waals surface area contributed by atoms with Crippen LogP contribution in [0, 0.1) is 0 Å². The van der Waals surface area contributed by atoms with Crippen molar-refractivity contribution >= 4 is 22.2 Å². The number of aromatic nitrogens is 1. The summed E-state index contributed by atoms with van der Waals surface area (Å²) in [7, 11) is -4.26. The molecule has 0 fully saturated rings. The van der Waals surface area contributed by atoms with Crippen molar-refractivity contribution in [3.8, 4) is 0 Å². The number of pyridine rings is 1. The molecular formula is C31H35F3N2O5S. The van der Waals surface area contributed by atoms with Crippen molar-refractivity contribution in [2.45, 2.75) is 75.1 Å². The number of benzene rings is 2. The average molecular weight is 605 g/mol. The van der Waals surface area contributed by atoms with Crippen LogP contribution in [-0.4, -0.2) is 30.6 Å². The zero-order valence-electron chi connectivity index (χ0n) is 23.5. The quantitative estimate of drug-likeness (QED) is 0.137. The Morgan fingerprint density at radius 2 is 1.79 bits per heavy atom. The highest BCUT2D eigenvalue weighted by molar-refractivity contribution is 7.92. The second-order valence-corrected chi connectivity index (χ2v) is 11.7. The standard InChI is InChI=1S/C31H35F3N2O5S/c1-3-16-30(41-22-37,17-15-23-9-6-5-7-10-23)20-28(38)19-24(4-2)25-11-8-12-27(18-25)36-42(39,40)29-14-13-26(21-35-29)31(32,33)34/h5-14,18-19,21-22,24,36,38H,3-4,15-17,20H2,1-2H3/b28-19-. The van der Waals surface area contributed by atoms with Gasteiger partial charge in [0.25, 0.3) is 16.5 Å². The number of rotatable bonds is 15. The van der Waals surface area contributed by atoms with Gasteiger partial charge in [0.05, 0.1) is 11.3 Å². The molecule has 0 spiro atoms. The molecule has 0 aliphatic heterocycles. The summed E-state index contributed by atoms with van der Waals surface area (Å²) in [4.78, 5) is 14.9. The summed E-state index contributed by atoms with van der Waals surface area (Å²) in [5.74, 6) is -0.256. The zero-order valence-corrected chi connectivity index (χ0v) is 24.3. The number of sulfonamides is 1. The maximum atomic E-state index is 12.8. The lowest BCUT2D eigenvalue weighted by molar-refractivity contribution is -0.146. The van der Waals surface area contributed by atoms with Gasteiger partial charge in [0.2, 0.25) is 0 Å². The Kier molecular flexibility index (Phi) is 11.2. The minimum absolute atomic E-state index is 0.0464. The lowest BCUT2D eigenvalue weighted by Gasteiger charge is -2.32. The third kappa shape index (κ3) is 9.07. The average Bonchev–Trinajstić information content (AvgIpc) is 2.95. The SMILES string of the molecule is CCCC(CCc1ccccc1)(C/C(O)=C/C(CC)c1cccc(NS(=O)(=O)c2ccc(C(F)(F)F)cn2)c1)OC=O. The van der Waals surface area contributed by atoms with Crippen LogP contribution < -0.4 is 4.72 Å². The maximum Gasteiger partial charge on any atom is 0.417 e. The van der Waals surface area contributed by atoms with Crippen molar-refractivity contribution in [1.29, 1.82) is 0 Å². The van der Waals surface area contributed by atoms with Gasteiger partial charge in [0.15, 0.2) is 5.03 Å². The number of anilines is 1. The number of halogens is 3. The van der Waals surface area contributed by atoms with E-state index >= 15 is 0 Å². The molecule has 3 aromatic rings. The van der Waals surface area contributed by atoms with Crippen LogP contribution in [0.1, 0.15) is 68.6 Å². The molecule has 11 heteroatoms. The fourth-order valence-corrected chi connectivity index (χ4v) is 5.83. The number of aryl methyl sites for hydroxylation is 1. The topological polar surface area (TPSA) is 106 Å². The van der Waals surface area contributed by atoms with E-state index in [1.807, 2.05) is 44.2 Å². The Labute approximate surface area is 244 Å². The molecule has 0 bridgehead atoms. The van der Waals surface area contributed by atoms with Crippen LogP contribution in [0.3, 0.4) is 0 Å². The summed E-state index contributed by atoms with van der Waals surface area (Å²) in [6, 6.07) is 17.8. The van der Waals surface area contributed by atoms with Crippen molar-refractivity contribution in [3.05, 3.63) is 101 Å². The van der Waals surface area contributed by atoms with E-state index < -0.39 is 32.4 Å². The monoisotopic (exact) mass is 604 g/mol. The molecule has 1 heterocycles. The van der Waals surface area contributed by atoms with Gasteiger partial charge in [0.1, 0.15) is 5.60 Å². The third-order valence-corrected chi connectivity index (χ3v) is 8.26. The molecule has 226 valence electrons. The minimum atomic E-state index is -4.64. The van der Waals surface area contributed by atoms with Crippen molar-refractivity contribution in [2.75, 3.05) is 4.72 Å². The van der Waals surface area contributed by atoms with Gasteiger partial charge in [-0.3, -0.25) is 9.52 Å². The molecule has 2 N–H and O–H groups in total. The highest BCUT2D eigenvalue weighted by Gasteiger charge is 2.33. The highest BCUT2D eigenvalue weighted by atomic mass is 32.2. The van der Waals surface area contributed by atoms with E-state index in [9.17, 15) is 31.5 Å². The van der Waals surface area contributed by atoms with Gasteiger partial charge in [-0.1, -0.05) is 62.7 Å². The number of alkyl halides is 3. The van der Waals surface area contributed by atoms with Crippen LogP contribution in [-0.2, 0) is 32.2 Å². The molecule has 7 nitrogen and oxygen atoms in total. The third-order valence-electron chi connectivity index (χ3n) is 6.96. The number of allylic oxidation sites excluding steroid dienone is 1. The summed E-state index contributed by atoms with van der Waals surface area (Å²) in [5.41, 5.74) is 0.0343. The summed E-state index contributed by atoms with van der Waals surface area (Å²) in [5, 5.41) is 10.5. The Morgan fingerprint density at radius 3 is 2.38 bits per heavy atom. The molecule has 2 atom stereocenters. The Balaban J connectivity index is 1.80. The van der Waals surface area contributed by atoms with Crippen molar-refractivity contribution in [3.63, 3.8) is 0 Å². The van der Waals surface area contributed by atoms with Crippen LogP contribution in [0.5, 0.6) is 0 Å². The Hall–Kier alpha value is -3.86. The number of hydrogen-bond donors (Lipinski definition) is 2. The molecule has 3 rings (SSSR count). The number of hydrogen-bond acceptors (Lipinski definition) is 6. The van der Waals surface area contributed by atoms with E-state index in [4.69, 9.17) is 4.74 Å². The molecule has 2 unspecified atom stereocenters. The molecule has 0 radical (unpaired) electrons. The number of nitrogens with zero attached hydrogens (tertiary/aromatic N) is 1. The first-order valence-corrected chi connectivity index (χ1v) is 15.1. The van der Waals surface area contributed by atoms with Crippen LogP contribution in [0.25, 0.3) is 0 Å². The summed E-state index contributed by atoms with van der Waals surface area (Å²) in [6.45, 7) is 4.31. The second kappa shape index (κ2) is 14.4. The van der Waals surface area contributed by atoms with Gasteiger partial charge < -0.3 is 9.84 Å². The van der Waals surface area contributed by atoms with E-state index in [0.717, 1.165) is 18.1 Å². The summed E-state index contributed by atoms with van der Waals surface area (Å²) in [6.07, 6.45) is 0.677. The molecule has 0 amide bonds. The lowest BCUT2D eigenvalue weighted by Crippen LogP contribution is -2.34. The molecule has 0 aliphatic carbocycles. The molecule has 42 heavy (non-hydrogen) atoms. The second-order valence-electron chi connectivity index (χ2n) is 10.1. The van der Waals surface area contributed by atoms with Crippen molar-refractivity contribution in [1.82, 2.24) is 4.98 Å². The number of aliphatic hydroxyl groups is 1. The van der Waals surface area contributed by atoms with Gasteiger partial charge in [0, 0.05) is 24.2 Å². The van der Waals surface area contributed by atoms with Crippen LogP contribution >= 0.6 is 0 Å². The van der Waals surface area contributed by atoms with Gasteiger partial charge in [-0.25, -0.2) is 4.98 Å². The smallest absolute Gasteiger partial charge is 0.417 e. The van der Waals surface area contributed by atoms with E-state index in [0.29, 0.717) is 50.0 Å². The first kappa shape index (κ1) is 32.7. The normalized spacial score (nSPS) is 14.5. The number of nitrogens with one attached hydrogen (secondary N) is 1. The van der Waals surface area contributed by atoms with Crippen LogP contribution in [0.2, 0.25) is 0 Å². The Morgan fingerprint density at radius 1 is 1.05 bits per heavy atom. The minimum Gasteiger partial charge on any atom is -0.512 e. The number of ether oxygens (including phenoxy) is 1. The van der Waals surface area contributed by atoms with Gasteiger partial charge in [-0.15, -0.1) is 0 Å². The predicted octanol–water partition coefficient (Wildman–Crippen LogP) is 7.57. The van der Waals surface area contributed by atoms with Gasteiger partial charge >= 0.3 is 6.18 Å². The largest absolute Gasteiger partial charge is 0.512 e. The molecule has 2 aromatic carbocycles. The van der Waals surface area contributed by atoms with Crippen LogP contribution in [0.4, 0.5) is 18.9 Å². The molecule has 0 saturated heterocycles. The Bertz CT molecular complexity index is 1450. The number of carbonyl (C=O) groups excluding carboxylic acids is 1. The van der Waals surface area contributed by atoms with Crippen molar-refractivity contribution < 1.29 is 36.2 Å². The number of carbonyl (C=O) groups is 1. The van der Waals surface area contributed by atoms with Crippen molar-refractivity contribution in [2.24, 2.45) is 0 Å². The molecular weight excluding hydrogens is 569 g/mol. The maximum absolute atomic E-state index is 12.8. The fourth-order valence-electron chi connectivity index (χ4n) is 4.85. The van der Waals surface area contributed by atoms with Crippen LogP contribution in [0.15, 0.2) is 89.8 Å².